The van der Waals surface area contributed by atoms with Crippen molar-refractivity contribution < 1.29 is 19.4 Å². The van der Waals surface area contributed by atoms with Crippen molar-refractivity contribution >= 4 is 5.97 Å². The summed E-state index contributed by atoms with van der Waals surface area (Å²) in [5.41, 5.74) is 1.24. The van der Waals surface area contributed by atoms with Crippen LogP contribution in [0.1, 0.15) is 18.4 Å². The second kappa shape index (κ2) is 10.9. The van der Waals surface area contributed by atoms with Crippen LogP contribution in [0.2, 0.25) is 0 Å². The van der Waals surface area contributed by atoms with E-state index in [1.165, 1.54) is 12.7 Å². The minimum absolute atomic E-state index is 0.00677. The molecule has 3 rings (SSSR count). The lowest BCUT2D eigenvalue weighted by Gasteiger charge is -2.32. The van der Waals surface area contributed by atoms with E-state index in [4.69, 9.17) is 9.47 Å². The van der Waals surface area contributed by atoms with Crippen molar-refractivity contribution in [1.29, 1.82) is 0 Å². The van der Waals surface area contributed by atoms with Crippen molar-refractivity contribution in [2.45, 2.75) is 25.5 Å². The zero-order chi connectivity index (χ0) is 20.6. The SMILES string of the molecule is COC(=O)C1CCN(CC(O)COc2cccc(CN3CCN(C)CC3)c2)CC1. The third kappa shape index (κ3) is 6.96. The third-order valence-corrected chi connectivity index (χ3v) is 5.93. The largest absolute Gasteiger partial charge is 0.491 e. The monoisotopic (exact) mass is 405 g/mol. The van der Waals surface area contributed by atoms with Crippen LogP contribution in [-0.2, 0) is 16.1 Å². The van der Waals surface area contributed by atoms with Gasteiger partial charge in [0.05, 0.1) is 13.0 Å². The Bertz CT molecular complexity index is 641. The van der Waals surface area contributed by atoms with Crippen molar-refractivity contribution in [1.82, 2.24) is 14.7 Å². The zero-order valence-corrected chi connectivity index (χ0v) is 17.8. The zero-order valence-electron chi connectivity index (χ0n) is 17.8. The standard InChI is InChI=1S/C22H35N3O4/c1-23-10-12-25(13-11-23)15-18-4-3-5-21(14-18)29-17-20(26)16-24-8-6-19(7-9-24)22(27)28-2/h3-5,14,19-20,26H,6-13,15-17H2,1-2H3. The van der Waals surface area contributed by atoms with Crippen LogP contribution in [0.15, 0.2) is 24.3 Å². The van der Waals surface area contributed by atoms with E-state index in [9.17, 15) is 9.90 Å². The number of esters is 1. The van der Waals surface area contributed by atoms with Gasteiger partial charge in [-0.2, -0.15) is 0 Å². The summed E-state index contributed by atoms with van der Waals surface area (Å²) in [6, 6.07) is 8.17. The Hall–Kier alpha value is -1.67. The lowest BCUT2D eigenvalue weighted by atomic mass is 9.97. The first-order valence-corrected chi connectivity index (χ1v) is 10.6. The van der Waals surface area contributed by atoms with Crippen LogP contribution in [0.5, 0.6) is 5.75 Å². The van der Waals surface area contributed by atoms with Crippen molar-refractivity contribution in [3.8, 4) is 5.75 Å². The van der Waals surface area contributed by atoms with Gasteiger partial charge in [-0.15, -0.1) is 0 Å². The number of aliphatic hydroxyl groups is 1. The van der Waals surface area contributed by atoms with Gasteiger partial charge < -0.3 is 24.4 Å². The van der Waals surface area contributed by atoms with Gasteiger partial charge in [-0.3, -0.25) is 9.69 Å². The molecule has 2 saturated heterocycles. The Balaban J connectivity index is 1.39. The summed E-state index contributed by atoms with van der Waals surface area (Å²) in [7, 11) is 3.61. The molecule has 0 amide bonds. The fourth-order valence-electron chi connectivity index (χ4n) is 4.06. The molecule has 2 heterocycles. The van der Waals surface area contributed by atoms with Crippen LogP contribution in [0.25, 0.3) is 0 Å². The summed E-state index contributed by atoms with van der Waals surface area (Å²) >= 11 is 0. The van der Waals surface area contributed by atoms with Gasteiger partial charge in [-0.05, 0) is 50.7 Å². The number of benzene rings is 1. The van der Waals surface area contributed by atoms with E-state index in [1.807, 2.05) is 12.1 Å². The lowest BCUT2D eigenvalue weighted by molar-refractivity contribution is -0.147. The number of ether oxygens (including phenoxy) is 2. The topological polar surface area (TPSA) is 65.5 Å². The number of hydrogen-bond acceptors (Lipinski definition) is 7. The number of rotatable bonds is 8. The Morgan fingerprint density at radius 2 is 1.86 bits per heavy atom. The van der Waals surface area contributed by atoms with Gasteiger partial charge >= 0.3 is 5.97 Å². The normalized spacial score (nSPS) is 21.1. The molecular weight excluding hydrogens is 370 g/mol. The van der Waals surface area contributed by atoms with Crippen LogP contribution in [0.3, 0.4) is 0 Å². The third-order valence-electron chi connectivity index (χ3n) is 5.93. The van der Waals surface area contributed by atoms with E-state index < -0.39 is 6.10 Å². The Kier molecular flexibility index (Phi) is 8.29. The van der Waals surface area contributed by atoms with Gasteiger partial charge in [0, 0.05) is 39.3 Å². The molecule has 2 aliphatic rings. The van der Waals surface area contributed by atoms with E-state index in [0.717, 1.165) is 64.4 Å². The Morgan fingerprint density at radius 1 is 1.14 bits per heavy atom. The van der Waals surface area contributed by atoms with Crippen LogP contribution >= 0.6 is 0 Å². The molecule has 2 aliphatic heterocycles. The highest BCUT2D eigenvalue weighted by Crippen LogP contribution is 2.19. The fourth-order valence-corrected chi connectivity index (χ4v) is 4.06. The first-order valence-electron chi connectivity index (χ1n) is 10.6. The van der Waals surface area contributed by atoms with Gasteiger partial charge in [0.15, 0.2) is 0 Å². The molecule has 0 aromatic heterocycles. The molecule has 1 atom stereocenters. The molecule has 0 radical (unpaired) electrons. The molecule has 1 aromatic rings. The van der Waals surface area contributed by atoms with Crippen LogP contribution in [0, 0.1) is 5.92 Å². The highest BCUT2D eigenvalue weighted by atomic mass is 16.5. The molecular formula is C22H35N3O4. The first kappa shape index (κ1) is 22.0. The molecule has 7 heteroatoms. The number of carbonyl (C=O) groups is 1. The second-order valence-electron chi connectivity index (χ2n) is 8.29. The van der Waals surface area contributed by atoms with Gasteiger partial charge in [-0.25, -0.2) is 0 Å². The Morgan fingerprint density at radius 3 is 2.55 bits per heavy atom. The predicted octanol–water partition coefficient (Wildman–Crippen LogP) is 1.06. The summed E-state index contributed by atoms with van der Waals surface area (Å²) in [6.45, 7) is 7.78. The summed E-state index contributed by atoms with van der Waals surface area (Å²) in [5.74, 6) is 0.678. The van der Waals surface area contributed by atoms with Crippen molar-refractivity contribution in [3.63, 3.8) is 0 Å². The number of likely N-dealkylation sites (N-methyl/N-ethyl adjacent to an activating group) is 1. The van der Waals surface area contributed by atoms with Crippen LogP contribution in [-0.4, -0.2) is 98.5 Å². The number of piperazine rings is 1. The number of likely N-dealkylation sites (tertiary alicyclic amines) is 1. The number of β-amino-alcohol motifs (C(OH)–C–C–N with tert-alkyl or cyclic N) is 1. The van der Waals surface area contributed by atoms with E-state index in [0.29, 0.717) is 6.54 Å². The average molecular weight is 406 g/mol. The molecule has 7 nitrogen and oxygen atoms in total. The van der Waals surface area contributed by atoms with Crippen LogP contribution < -0.4 is 4.74 Å². The summed E-state index contributed by atoms with van der Waals surface area (Å²) in [6.07, 6.45) is 1.02. The number of aliphatic hydroxyl groups excluding tert-OH is 1. The molecule has 29 heavy (non-hydrogen) atoms. The van der Waals surface area contributed by atoms with E-state index in [1.54, 1.807) is 0 Å². The minimum Gasteiger partial charge on any atom is -0.491 e. The minimum atomic E-state index is -0.550. The smallest absolute Gasteiger partial charge is 0.308 e. The lowest BCUT2D eigenvalue weighted by Crippen LogP contribution is -2.43. The summed E-state index contributed by atoms with van der Waals surface area (Å²) in [5, 5.41) is 10.4. The van der Waals surface area contributed by atoms with Crippen molar-refractivity contribution in [2.75, 3.05) is 66.6 Å². The van der Waals surface area contributed by atoms with E-state index in [2.05, 4.69) is 33.9 Å². The quantitative estimate of drug-likeness (QED) is 0.649. The maximum Gasteiger partial charge on any atom is 0.308 e. The fraction of sp³-hybridized carbons (Fsp3) is 0.682. The molecule has 0 spiro atoms. The highest BCUT2D eigenvalue weighted by Gasteiger charge is 2.26. The number of carbonyl (C=O) groups excluding carboxylic acids is 1. The number of methoxy groups -OCH3 is 1. The van der Waals surface area contributed by atoms with E-state index >= 15 is 0 Å². The predicted molar refractivity (Wildman–Crippen MR) is 112 cm³/mol. The van der Waals surface area contributed by atoms with Gasteiger partial charge in [0.1, 0.15) is 18.5 Å². The molecule has 0 saturated carbocycles. The van der Waals surface area contributed by atoms with E-state index in [-0.39, 0.29) is 18.5 Å². The molecule has 0 bridgehead atoms. The maximum absolute atomic E-state index is 11.6. The van der Waals surface area contributed by atoms with Crippen LogP contribution in [0.4, 0.5) is 0 Å². The average Bonchev–Trinajstić information content (AvgIpc) is 2.74. The summed E-state index contributed by atoms with van der Waals surface area (Å²) < 4.78 is 10.7. The van der Waals surface area contributed by atoms with Gasteiger partial charge in [0.25, 0.3) is 0 Å². The number of hydrogen-bond donors (Lipinski definition) is 1. The second-order valence-corrected chi connectivity index (χ2v) is 8.29. The molecule has 1 aromatic carbocycles. The number of piperidine rings is 1. The Labute approximate surface area is 174 Å². The highest BCUT2D eigenvalue weighted by molar-refractivity contribution is 5.72. The van der Waals surface area contributed by atoms with Crippen molar-refractivity contribution in [2.24, 2.45) is 5.92 Å². The molecule has 162 valence electrons. The van der Waals surface area contributed by atoms with Gasteiger partial charge in [-0.1, -0.05) is 12.1 Å². The molecule has 2 fully saturated rings. The molecule has 1 N–H and O–H groups in total. The number of nitrogens with zero attached hydrogens (tertiary/aromatic N) is 3. The molecule has 1 unspecified atom stereocenters. The first-order chi connectivity index (χ1) is 14.0. The summed E-state index contributed by atoms with van der Waals surface area (Å²) in [4.78, 5) is 18.6. The van der Waals surface area contributed by atoms with Gasteiger partial charge in [0.2, 0.25) is 0 Å². The molecule has 0 aliphatic carbocycles. The van der Waals surface area contributed by atoms with Crippen molar-refractivity contribution in [3.05, 3.63) is 29.8 Å². The maximum atomic E-state index is 11.6.